The highest BCUT2D eigenvalue weighted by atomic mass is 79.9. The van der Waals surface area contributed by atoms with Crippen LogP contribution in [0.5, 0.6) is 0 Å². The number of hydrogen-bond donors (Lipinski definition) is 2. The number of benzene rings is 1. The third kappa shape index (κ3) is 5.69. The van der Waals surface area contributed by atoms with E-state index in [2.05, 4.69) is 28.3 Å². The first-order chi connectivity index (χ1) is 9.19. The molecular weight excluding hydrogens is 312 g/mol. The maximum atomic E-state index is 11.3. The molecule has 0 aliphatic heterocycles. The molecule has 0 heterocycles. The lowest BCUT2D eigenvalue weighted by molar-refractivity contribution is 0.0406. The van der Waals surface area contributed by atoms with E-state index in [0.29, 0.717) is 25.4 Å². The van der Waals surface area contributed by atoms with Crippen molar-refractivity contribution in [1.82, 2.24) is 5.43 Å². The van der Waals surface area contributed by atoms with Crippen LogP contribution in [0.3, 0.4) is 0 Å². The van der Waals surface area contributed by atoms with Crippen molar-refractivity contribution < 1.29 is 14.3 Å². The van der Waals surface area contributed by atoms with E-state index in [0.717, 1.165) is 23.1 Å². The van der Waals surface area contributed by atoms with E-state index in [4.69, 9.17) is 15.3 Å². The Kier molecular flexibility index (Phi) is 7.66. The summed E-state index contributed by atoms with van der Waals surface area (Å²) in [7, 11) is 0. The average molecular weight is 331 g/mol. The van der Waals surface area contributed by atoms with Gasteiger partial charge in [-0.25, -0.2) is 5.84 Å². The molecule has 0 aliphatic rings. The summed E-state index contributed by atoms with van der Waals surface area (Å²) in [6.45, 7) is 4.45. The van der Waals surface area contributed by atoms with Crippen LogP contribution in [0.4, 0.5) is 0 Å². The van der Waals surface area contributed by atoms with Crippen LogP contribution in [0.15, 0.2) is 22.7 Å². The highest BCUT2D eigenvalue weighted by Gasteiger charge is 2.07. The summed E-state index contributed by atoms with van der Waals surface area (Å²) in [5.41, 5.74) is 3.57. The molecule has 5 nitrogen and oxygen atoms in total. The summed E-state index contributed by atoms with van der Waals surface area (Å²) < 4.78 is 11.6. The normalized spacial score (nSPS) is 10.5. The third-order valence-electron chi connectivity index (χ3n) is 2.42. The van der Waals surface area contributed by atoms with Gasteiger partial charge < -0.3 is 9.47 Å². The molecule has 106 valence electrons. The summed E-state index contributed by atoms with van der Waals surface area (Å²) in [5, 5.41) is 0. The molecule has 1 amide bonds. The number of nitrogen functional groups attached to an aromatic ring is 1. The molecule has 0 saturated carbocycles. The van der Waals surface area contributed by atoms with Gasteiger partial charge in [-0.2, -0.15) is 0 Å². The Balaban J connectivity index is 2.40. The molecule has 6 heteroatoms. The van der Waals surface area contributed by atoms with Gasteiger partial charge in [-0.3, -0.25) is 10.2 Å². The predicted octanol–water partition coefficient (Wildman–Crippen LogP) is 2.00. The lowest BCUT2D eigenvalue weighted by Crippen LogP contribution is -2.29. The Hall–Kier alpha value is -0.950. The predicted molar refractivity (Wildman–Crippen MR) is 76.6 cm³/mol. The zero-order valence-electron chi connectivity index (χ0n) is 10.9. The van der Waals surface area contributed by atoms with Crippen LogP contribution in [-0.4, -0.2) is 25.7 Å². The molecule has 0 aromatic heterocycles. The number of halogens is 1. The Morgan fingerprint density at radius 3 is 2.68 bits per heavy atom. The summed E-state index contributed by atoms with van der Waals surface area (Å²) in [5.74, 6) is 4.76. The van der Waals surface area contributed by atoms with Crippen molar-refractivity contribution >= 4 is 21.8 Å². The number of hydrazine groups is 1. The van der Waals surface area contributed by atoms with E-state index in [-0.39, 0.29) is 5.91 Å². The molecule has 0 unspecified atom stereocenters. The van der Waals surface area contributed by atoms with Gasteiger partial charge in [0.25, 0.3) is 5.91 Å². The standard InChI is InChI=1S/C13H19BrN2O3/c1-2-5-18-6-7-19-9-11-4-3-10(8-12(11)14)13(17)16-15/h3-4,8H,2,5-7,9,15H2,1H3,(H,16,17). The fourth-order valence-electron chi connectivity index (χ4n) is 1.44. The monoisotopic (exact) mass is 330 g/mol. The van der Waals surface area contributed by atoms with Gasteiger partial charge in [-0.1, -0.05) is 28.9 Å². The molecule has 0 fully saturated rings. The smallest absolute Gasteiger partial charge is 0.265 e. The molecule has 0 saturated heterocycles. The highest BCUT2D eigenvalue weighted by Crippen LogP contribution is 2.19. The molecule has 0 bridgehead atoms. The minimum absolute atomic E-state index is 0.318. The Morgan fingerprint density at radius 2 is 2.05 bits per heavy atom. The number of nitrogens with two attached hydrogens (primary N) is 1. The van der Waals surface area contributed by atoms with E-state index in [1.807, 2.05) is 6.07 Å². The van der Waals surface area contributed by atoms with Gasteiger partial charge in [0.15, 0.2) is 0 Å². The minimum Gasteiger partial charge on any atom is -0.379 e. The second-order valence-electron chi connectivity index (χ2n) is 3.94. The number of carbonyl (C=O) groups excluding carboxylic acids is 1. The summed E-state index contributed by atoms with van der Waals surface area (Å²) in [6, 6.07) is 5.26. The van der Waals surface area contributed by atoms with E-state index >= 15 is 0 Å². The van der Waals surface area contributed by atoms with Crippen LogP contribution < -0.4 is 11.3 Å². The molecular formula is C13H19BrN2O3. The van der Waals surface area contributed by atoms with Gasteiger partial charge in [-0.15, -0.1) is 0 Å². The molecule has 1 aromatic rings. The largest absolute Gasteiger partial charge is 0.379 e. The van der Waals surface area contributed by atoms with Gasteiger partial charge in [0.2, 0.25) is 0 Å². The summed E-state index contributed by atoms with van der Waals surface area (Å²) >= 11 is 3.41. The lowest BCUT2D eigenvalue weighted by Gasteiger charge is -2.08. The van der Waals surface area contributed by atoms with Crippen molar-refractivity contribution in [3.63, 3.8) is 0 Å². The van der Waals surface area contributed by atoms with Crippen molar-refractivity contribution in [1.29, 1.82) is 0 Å². The molecule has 0 spiro atoms. The van der Waals surface area contributed by atoms with Crippen LogP contribution in [0.1, 0.15) is 29.3 Å². The molecule has 0 radical (unpaired) electrons. The SMILES string of the molecule is CCCOCCOCc1ccc(C(=O)NN)cc1Br. The number of carbonyl (C=O) groups is 1. The van der Waals surface area contributed by atoms with Gasteiger partial charge >= 0.3 is 0 Å². The van der Waals surface area contributed by atoms with E-state index in [9.17, 15) is 4.79 Å². The molecule has 1 rings (SSSR count). The average Bonchev–Trinajstić information content (AvgIpc) is 2.43. The highest BCUT2D eigenvalue weighted by molar-refractivity contribution is 9.10. The Labute approximate surface area is 121 Å². The van der Waals surface area contributed by atoms with Gasteiger partial charge in [0.1, 0.15) is 0 Å². The maximum absolute atomic E-state index is 11.3. The number of ether oxygens (including phenoxy) is 2. The van der Waals surface area contributed by atoms with Crippen molar-refractivity contribution in [2.24, 2.45) is 5.84 Å². The van der Waals surface area contributed by atoms with Crippen LogP contribution in [0.2, 0.25) is 0 Å². The number of hydrogen-bond acceptors (Lipinski definition) is 4. The number of amides is 1. The second-order valence-corrected chi connectivity index (χ2v) is 4.80. The van der Waals surface area contributed by atoms with E-state index < -0.39 is 0 Å². The number of rotatable bonds is 8. The Bertz CT molecular complexity index is 413. The van der Waals surface area contributed by atoms with Crippen molar-refractivity contribution in [3.8, 4) is 0 Å². The van der Waals surface area contributed by atoms with E-state index in [1.54, 1.807) is 12.1 Å². The first-order valence-electron chi connectivity index (χ1n) is 6.14. The first kappa shape index (κ1) is 16.1. The molecule has 0 atom stereocenters. The fraction of sp³-hybridized carbons (Fsp3) is 0.462. The van der Waals surface area contributed by atoms with Crippen LogP contribution in [-0.2, 0) is 16.1 Å². The lowest BCUT2D eigenvalue weighted by atomic mass is 10.1. The molecule has 1 aromatic carbocycles. The molecule has 0 aliphatic carbocycles. The van der Waals surface area contributed by atoms with Crippen LogP contribution in [0.25, 0.3) is 0 Å². The minimum atomic E-state index is -0.318. The second kappa shape index (κ2) is 9.03. The molecule has 3 N–H and O–H groups in total. The topological polar surface area (TPSA) is 73.6 Å². The maximum Gasteiger partial charge on any atom is 0.265 e. The van der Waals surface area contributed by atoms with Crippen LogP contribution in [0, 0.1) is 0 Å². The Morgan fingerprint density at radius 1 is 1.32 bits per heavy atom. The summed E-state index contributed by atoms with van der Waals surface area (Å²) in [6.07, 6.45) is 1.01. The summed E-state index contributed by atoms with van der Waals surface area (Å²) in [4.78, 5) is 11.3. The third-order valence-corrected chi connectivity index (χ3v) is 3.16. The number of nitrogens with one attached hydrogen (secondary N) is 1. The van der Waals surface area contributed by atoms with Gasteiger partial charge in [0.05, 0.1) is 19.8 Å². The van der Waals surface area contributed by atoms with Crippen molar-refractivity contribution in [2.75, 3.05) is 19.8 Å². The fourth-order valence-corrected chi connectivity index (χ4v) is 1.93. The first-order valence-corrected chi connectivity index (χ1v) is 6.93. The quantitative estimate of drug-likeness (QED) is 0.331. The van der Waals surface area contributed by atoms with E-state index in [1.165, 1.54) is 0 Å². The zero-order chi connectivity index (χ0) is 14.1. The van der Waals surface area contributed by atoms with Crippen LogP contribution >= 0.6 is 15.9 Å². The van der Waals surface area contributed by atoms with Gasteiger partial charge in [0, 0.05) is 16.6 Å². The van der Waals surface area contributed by atoms with Crippen molar-refractivity contribution in [3.05, 3.63) is 33.8 Å². The van der Waals surface area contributed by atoms with Crippen molar-refractivity contribution in [2.45, 2.75) is 20.0 Å². The molecule has 19 heavy (non-hydrogen) atoms. The van der Waals surface area contributed by atoms with Gasteiger partial charge in [-0.05, 0) is 24.1 Å². The zero-order valence-corrected chi connectivity index (χ0v) is 12.5.